The van der Waals surface area contributed by atoms with E-state index in [-0.39, 0.29) is 11.9 Å². The Kier molecular flexibility index (Phi) is 3.71. The number of rotatable bonds is 4. The molecule has 1 aliphatic carbocycles. The van der Waals surface area contributed by atoms with Gasteiger partial charge in [-0.15, -0.1) is 0 Å². The molecule has 3 unspecified atom stereocenters. The normalized spacial score (nSPS) is 25.8. The van der Waals surface area contributed by atoms with Crippen LogP contribution in [0.25, 0.3) is 0 Å². The molecule has 4 heteroatoms. The highest BCUT2D eigenvalue weighted by Gasteiger charge is 2.40. The highest BCUT2D eigenvalue weighted by atomic mass is 19.1. The van der Waals surface area contributed by atoms with E-state index in [0.717, 1.165) is 24.0 Å². The topological polar surface area (TPSA) is 55.5 Å². The van der Waals surface area contributed by atoms with Gasteiger partial charge in [0.2, 0.25) is 0 Å². The van der Waals surface area contributed by atoms with Crippen LogP contribution in [0.2, 0.25) is 0 Å². The van der Waals surface area contributed by atoms with E-state index in [4.69, 9.17) is 10.5 Å². The van der Waals surface area contributed by atoms with Crippen molar-refractivity contribution >= 4 is 0 Å². The Morgan fingerprint density at radius 3 is 2.83 bits per heavy atom. The van der Waals surface area contributed by atoms with Crippen LogP contribution in [0.1, 0.15) is 31.4 Å². The van der Waals surface area contributed by atoms with Crippen molar-refractivity contribution in [3.8, 4) is 0 Å². The van der Waals surface area contributed by atoms with E-state index in [2.05, 4.69) is 0 Å². The van der Waals surface area contributed by atoms with Gasteiger partial charge in [-0.1, -0.05) is 6.07 Å². The van der Waals surface area contributed by atoms with Crippen molar-refractivity contribution in [2.45, 2.75) is 44.5 Å². The van der Waals surface area contributed by atoms with Crippen molar-refractivity contribution in [3.63, 3.8) is 0 Å². The predicted octanol–water partition coefficient (Wildman–Crippen LogP) is 1.71. The molecule has 0 amide bonds. The van der Waals surface area contributed by atoms with Crippen molar-refractivity contribution < 1.29 is 14.2 Å². The molecule has 0 spiro atoms. The summed E-state index contributed by atoms with van der Waals surface area (Å²) in [5, 5.41) is 9.56. The first-order chi connectivity index (χ1) is 8.48. The lowest BCUT2D eigenvalue weighted by atomic mass is 9.95. The fourth-order valence-corrected chi connectivity index (χ4v) is 2.52. The van der Waals surface area contributed by atoms with Crippen LogP contribution in [0.5, 0.6) is 0 Å². The molecule has 3 N–H and O–H groups in total. The molecule has 0 heterocycles. The summed E-state index contributed by atoms with van der Waals surface area (Å²) in [7, 11) is 0. The van der Waals surface area contributed by atoms with Crippen LogP contribution in [0, 0.1) is 5.82 Å². The van der Waals surface area contributed by atoms with Crippen molar-refractivity contribution in [3.05, 3.63) is 35.1 Å². The first-order valence-electron chi connectivity index (χ1n) is 6.33. The molecular formula is C14H20FNO2. The number of halogens is 1. The Morgan fingerprint density at radius 2 is 2.22 bits per heavy atom. The van der Waals surface area contributed by atoms with Gasteiger partial charge in [0.15, 0.2) is 0 Å². The van der Waals surface area contributed by atoms with Crippen molar-refractivity contribution in [1.29, 1.82) is 0 Å². The summed E-state index contributed by atoms with van der Waals surface area (Å²) in [6.07, 6.45) is 0.637. The van der Waals surface area contributed by atoms with E-state index < -0.39 is 11.7 Å². The zero-order valence-corrected chi connectivity index (χ0v) is 10.8. The lowest BCUT2D eigenvalue weighted by molar-refractivity contribution is -0.123. The number of benzene rings is 1. The third kappa shape index (κ3) is 2.28. The molecule has 3 nitrogen and oxygen atoms in total. The number of nitrogens with two attached hydrogens (primary N) is 1. The molecule has 1 aromatic carbocycles. The second-order valence-corrected chi connectivity index (χ2v) is 5.06. The summed E-state index contributed by atoms with van der Waals surface area (Å²) >= 11 is 0. The first kappa shape index (κ1) is 13.5. The molecule has 18 heavy (non-hydrogen) atoms. The summed E-state index contributed by atoms with van der Waals surface area (Å²) in [6, 6.07) is 4.73. The highest BCUT2D eigenvalue weighted by molar-refractivity contribution is 5.38. The van der Waals surface area contributed by atoms with Gasteiger partial charge in [0.1, 0.15) is 11.4 Å². The minimum atomic E-state index is -0.584. The Bertz CT molecular complexity index is 436. The zero-order chi connectivity index (χ0) is 13.3. The van der Waals surface area contributed by atoms with Gasteiger partial charge in [-0.3, -0.25) is 0 Å². The fourth-order valence-electron chi connectivity index (χ4n) is 2.52. The number of fused-ring (bicyclic) bond motifs is 1. The molecule has 2 rings (SSSR count). The summed E-state index contributed by atoms with van der Waals surface area (Å²) in [5.74, 6) is -0.231. The van der Waals surface area contributed by atoms with Crippen LogP contribution in [0.3, 0.4) is 0 Å². The fraction of sp³-hybridized carbons (Fsp3) is 0.571. The Hall–Kier alpha value is -0.970. The van der Waals surface area contributed by atoms with Gasteiger partial charge < -0.3 is 15.6 Å². The molecule has 0 aliphatic heterocycles. The van der Waals surface area contributed by atoms with Crippen molar-refractivity contribution in [2.24, 2.45) is 5.73 Å². The predicted molar refractivity (Wildman–Crippen MR) is 67.7 cm³/mol. The minimum absolute atomic E-state index is 0.231. The van der Waals surface area contributed by atoms with Gasteiger partial charge >= 0.3 is 0 Å². The van der Waals surface area contributed by atoms with Gasteiger partial charge in [-0.25, -0.2) is 4.39 Å². The quantitative estimate of drug-likeness (QED) is 0.859. The zero-order valence-electron chi connectivity index (χ0n) is 10.8. The standard InChI is InChI=1S/C14H20FNO2/c1-9(17)10(2)18-14(8-16)6-5-11-7-12(15)3-4-13(11)14/h3-4,7,9-10,17H,5-6,8,16H2,1-2H3. The van der Waals surface area contributed by atoms with Crippen molar-refractivity contribution in [2.75, 3.05) is 6.54 Å². The lowest BCUT2D eigenvalue weighted by Crippen LogP contribution is -2.41. The number of aryl methyl sites for hydroxylation is 1. The second-order valence-electron chi connectivity index (χ2n) is 5.06. The largest absolute Gasteiger partial charge is 0.391 e. The smallest absolute Gasteiger partial charge is 0.123 e. The van der Waals surface area contributed by atoms with Crippen LogP contribution in [-0.4, -0.2) is 23.9 Å². The van der Waals surface area contributed by atoms with Gasteiger partial charge in [-0.05, 0) is 49.9 Å². The van der Waals surface area contributed by atoms with Crippen LogP contribution in [-0.2, 0) is 16.8 Å². The molecule has 0 saturated heterocycles. The maximum Gasteiger partial charge on any atom is 0.123 e. The minimum Gasteiger partial charge on any atom is -0.391 e. The molecule has 1 aromatic rings. The maximum atomic E-state index is 13.2. The number of hydrogen-bond acceptors (Lipinski definition) is 3. The van der Waals surface area contributed by atoms with E-state index in [0.29, 0.717) is 6.54 Å². The summed E-state index contributed by atoms with van der Waals surface area (Å²) in [4.78, 5) is 0. The Balaban J connectivity index is 2.31. The van der Waals surface area contributed by atoms with Crippen LogP contribution < -0.4 is 5.73 Å². The Morgan fingerprint density at radius 1 is 1.50 bits per heavy atom. The maximum absolute atomic E-state index is 13.2. The third-order valence-corrected chi connectivity index (χ3v) is 3.78. The van der Waals surface area contributed by atoms with E-state index in [1.54, 1.807) is 19.1 Å². The average molecular weight is 253 g/mol. The monoisotopic (exact) mass is 253 g/mol. The van der Waals surface area contributed by atoms with Crippen LogP contribution >= 0.6 is 0 Å². The number of hydrogen-bond donors (Lipinski definition) is 2. The first-order valence-corrected chi connectivity index (χ1v) is 6.33. The molecule has 0 radical (unpaired) electrons. The van der Waals surface area contributed by atoms with Gasteiger partial charge in [0, 0.05) is 6.54 Å². The number of aliphatic hydroxyl groups excluding tert-OH is 1. The molecule has 3 atom stereocenters. The van der Waals surface area contributed by atoms with Crippen LogP contribution in [0.4, 0.5) is 4.39 Å². The molecule has 0 aromatic heterocycles. The molecule has 0 saturated carbocycles. The summed E-state index contributed by atoms with van der Waals surface area (Å²) < 4.78 is 19.2. The van der Waals surface area contributed by atoms with Gasteiger partial charge in [0.05, 0.1) is 12.2 Å². The van der Waals surface area contributed by atoms with E-state index in [9.17, 15) is 9.50 Å². The third-order valence-electron chi connectivity index (χ3n) is 3.78. The van der Waals surface area contributed by atoms with Gasteiger partial charge in [-0.2, -0.15) is 0 Å². The van der Waals surface area contributed by atoms with Gasteiger partial charge in [0.25, 0.3) is 0 Å². The molecule has 0 bridgehead atoms. The number of ether oxygens (including phenoxy) is 1. The number of aliphatic hydroxyl groups is 1. The summed E-state index contributed by atoms with van der Waals surface area (Å²) in [6.45, 7) is 3.85. The molecular weight excluding hydrogens is 233 g/mol. The summed E-state index contributed by atoms with van der Waals surface area (Å²) in [5.41, 5.74) is 7.20. The lowest BCUT2D eigenvalue weighted by Gasteiger charge is -2.33. The van der Waals surface area contributed by atoms with Crippen molar-refractivity contribution in [1.82, 2.24) is 0 Å². The second kappa shape index (κ2) is 4.96. The van der Waals surface area contributed by atoms with E-state index in [1.807, 2.05) is 6.92 Å². The Labute approximate surface area is 107 Å². The SMILES string of the molecule is CC(O)C(C)OC1(CN)CCc2cc(F)ccc21. The average Bonchev–Trinajstić information content (AvgIpc) is 2.68. The van der Waals surface area contributed by atoms with E-state index in [1.165, 1.54) is 6.07 Å². The van der Waals surface area contributed by atoms with E-state index >= 15 is 0 Å². The highest BCUT2D eigenvalue weighted by Crippen LogP contribution is 2.40. The molecule has 0 fully saturated rings. The molecule has 100 valence electrons. The molecule has 1 aliphatic rings. The van der Waals surface area contributed by atoms with Crippen LogP contribution in [0.15, 0.2) is 18.2 Å².